The van der Waals surface area contributed by atoms with Gasteiger partial charge in [0, 0.05) is 24.9 Å². The summed E-state index contributed by atoms with van der Waals surface area (Å²) in [7, 11) is 2.00. The molecule has 114 valence electrons. The average Bonchev–Trinajstić information content (AvgIpc) is 2.87. The summed E-state index contributed by atoms with van der Waals surface area (Å²) in [6.07, 6.45) is 3.83. The summed E-state index contributed by atoms with van der Waals surface area (Å²) in [4.78, 5) is 4.64. The third-order valence-corrected chi connectivity index (χ3v) is 3.92. The molecule has 0 aromatic carbocycles. The van der Waals surface area contributed by atoms with E-state index in [4.69, 9.17) is 0 Å². The molecule has 2 aromatic rings. The lowest BCUT2D eigenvalue weighted by Crippen LogP contribution is -2.22. The molecule has 1 N–H and O–H groups in total. The van der Waals surface area contributed by atoms with E-state index >= 15 is 0 Å². The van der Waals surface area contributed by atoms with Gasteiger partial charge in [-0.2, -0.15) is 5.10 Å². The first-order valence-electron chi connectivity index (χ1n) is 7.75. The minimum atomic E-state index is 0.220. The van der Waals surface area contributed by atoms with Crippen molar-refractivity contribution in [1.82, 2.24) is 20.1 Å². The zero-order valence-electron chi connectivity index (χ0n) is 13.8. The van der Waals surface area contributed by atoms with Crippen LogP contribution in [0.5, 0.6) is 0 Å². The first-order valence-corrected chi connectivity index (χ1v) is 7.75. The number of nitrogens with one attached hydrogen (secondary N) is 1. The third-order valence-electron chi connectivity index (χ3n) is 3.92. The van der Waals surface area contributed by atoms with Crippen LogP contribution in [0.1, 0.15) is 48.1 Å². The normalized spacial score (nSPS) is 12.6. The molecule has 0 amide bonds. The zero-order valence-corrected chi connectivity index (χ0v) is 13.8. The van der Waals surface area contributed by atoms with E-state index in [0.29, 0.717) is 0 Å². The molecule has 0 saturated heterocycles. The topological polar surface area (TPSA) is 42.7 Å². The van der Waals surface area contributed by atoms with Crippen LogP contribution in [-0.2, 0) is 19.4 Å². The fraction of sp³-hybridized carbons (Fsp3) is 0.529. The van der Waals surface area contributed by atoms with Gasteiger partial charge in [-0.05, 0) is 51.4 Å². The predicted molar refractivity (Wildman–Crippen MR) is 86.5 cm³/mol. The van der Waals surface area contributed by atoms with Gasteiger partial charge in [-0.15, -0.1) is 0 Å². The van der Waals surface area contributed by atoms with Gasteiger partial charge in [0.2, 0.25) is 0 Å². The highest BCUT2D eigenvalue weighted by Gasteiger charge is 2.17. The Labute approximate surface area is 127 Å². The predicted octanol–water partition coefficient (Wildman–Crippen LogP) is 2.98. The number of rotatable bonds is 6. The first-order chi connectivity index (χ1) is 10.1. The Balaban J connectivity index is 2.28. The molecule has 0 bridgehead atoms. The molecule has 0 fully saturated rings. The van der Waals surface area contributed by atoms with E-state index in [1.807, 2.05) is 13.2 Å². The summed E-state index contributed by atoms with van der Waals surface area (Å²) in [5.41, 5.74) is 6.02. The Morgan fingerprint density at radius 1 is 1.24 bits per heavy atom. The molecule has 2 heterocycles. The maximum atomic E-state index is 4.64. The van der Waals surface area contributed by atoms with E-state index in [-0.39, 0.29) is 6.04 Å². The van der Waals surface area contributed by atoms with Gasteiger partial charge >= 0.3 is 0 Å². The van der Waals surface area contributed by atoms with E-state index in [1.165, 1.54) is 16.8 Å². The highest BCUT2D eigenvalue weighted by atomic mass is 15.3. The van der Waals surface area contributed by atoms with Crippen LogP contribution < -0.4 is 5.32 Å². The number of aromatic nitrogens is 3. The van der Waals surface area contributed by atoms with E-state index in [1.54, 1.807) is 0 Å². The van der Waals surface area contributed by atoms with Crippen molar-refractivity contribution in [2.24, 2.45) is 0 Å². The van der Waals surface area contributed by atoms with Crippen molar-refractivity contribution in [3.63, 3.8) is 0 Å². The Morgan fingerprint density at radius 3 is 2.57 bits per heavy atom. The molecule has 0 aliphatic heterocycles. The molecule has 1 unspecified atom stereocenters. The van der Waals surface area contributed by atoms with Gasteiger partial charge in [0.1, 0.15) is 0 Å². The van der Waals surface area contributed by atoms with Gasteiger partial charge in [0.25, 0.3) is 0 Å². The first kappa shape index (κ1) is 15.7. The number of nitrogens with zero attached hydrogens (tertiary/aromatic N) is 3. The van der Waals surface area contributed by atoms with Gasteiger partial charge in [-0.25, -0.2) is 0 Å². The molecule has 0 saturated carbocycles. The molecule has 0 radical (unpaired) electrons. The highest BCUT2D eigenvalue weighted by Crippen LogP contribution is 2.21. The van der Waals surface area contributed by atoms with E-state index in [0.717, 1.165) is 30.8 Å². The van der Waals surface area contributed by atoms with Gasteiger partial charge < -0.3 is 5.32 Å². The molecule has 2 aromatic heterocycles. The largest absolute Gasteiger partial charge is 0.311 e. The Morgan fingerprint density at radius 2 is 2.00 bits per heavy atom. The second-order valence-corrected chi connectivity index (χ2v) is 5.56. The lowest BCUT2D eigenvalue weighted by Gasteiger charge is -2.18. The van der Waals surface area contributed by atoms with Crippen LogP contribution in [0.4, 0.5) is 0 Å². The lowest BCUT2D eigenvalue weighted by atomic mass is 10.0. The molecule has 0 spiro atoms. The molecule has 2 rings (SSSR count). The van der Waals surface area contributed by atoms with Crippen LogP contribution in [0.3, 0.4) is 0 Å². The number of aryl methyl sites for hydroxylation is 4. The smallest absolute Gasteiger partial charge is 0.0624 e. The van der Waals surface area contributed by atoms with Crippen molar-refractivity contribution in [1.29, 1.82) is 0 Å². The van der Waals surface area contributed by atoms with Crippen molar-refractivity contribution in [2.75, 3.05) is 7.05 Å². The molecular weight excluding hydrogens is 260 g/mol. The Bertz CT molecular complexity index is 601. The molecular formula is C17H26N4. The maximum Gasteiger partial charge on any atom is 0.0624 e. The second-order valence-electron chi connectivity index (χ2n) is 5.56. The summed E-state index contributed by atoms with van der Waals surface area (Å²) in [5.74, 6) is 0. The Kier molecular flexibility index (Phi) is 5.12. The summed E-state index contributed by atoms with van der Waals surface area (Å²) in [6, 6.07) is 4.64. The molecule has 4 heteroatoms. The van der Waals surface area contributed by atoms with E-state index < -0.39 is 0 Å². The molecule has 1 atom stereocenters. The fourth-order valence-corrected chi connectivity index (χ4v) is 2.76. The van der Waals surface area contributed by atoms with Crippen molar-refractivity contribution in [2.45, 2.75) is 53.1 Å². The van der Waals surface area contributed by atoms with Crippen molar-refractivity contribution in [3.8, 4) is 0 Å². The van der Waals surface area contributed by atoms with Crippen molar-refractivity contribution < 1.29 is 0 Å². The molecule has 0 aliphatic carbocycles. The maximum absolute atomic E-state index is 4.64. The van der Waals surface area contributed by atoms with Crippen LogP contribution in [0.15, 0.2) is 18.3 Å². The average molecular weight is 286 g/mol. The van der Waals surface area contributed by atoms with Gasteiger partial charge in [-0.1, -0.05) is 13.0 Å². The molecule has 4 nitrogen and oxygen atoms in total. The summed E-state index contributed by atoms with van der Waals surface area (Å²) in [5, 5.41) is 8.04. The quantitative estimate of drug-likeness (QED) is 0.887. The summed E-state index contributed by atoms with van der Waals surface area (Å²) >= 11 is 0. The van der Waals surface area contributed by atoms with Crippen LogP contribution in [-0.4, -0.2) is 21.8 Å². The number of hydrogen-bond acceptors (Lipinski definition) is 3. The molecule has 21 heavy (non-hydrogen) atoms. The standard InChI is InChI=1S/C17H26N4/c1-6-14-9-15(21(7-2)20-14)10-16(18-5)17-13(4)8-12(3)11-19-17/h8-9,11,16,18H,6-7,10H2,1-5H3. The fourth-order valence-electron chi connectivity index (χ4n) is 2.76. The van der Waals surface area contributed by atoms with Crippen LogP contribution in [0.2, 0.25) is 0 Å². The third kappa shape index (κ3) is 3.50. The van der Waals surface area contributed by atoms with Crippen molar-refractivity contribution >= 4 is 0 Å². The molecule has 0 aliphatic rings. The number of likely N-dealkylation sites (N-methyl/N-ethyl adjacent to an activating group) is 1. The van der Waals surface area contributed by atoms with Gasteiger partial charge in [0.15, 0.2) is 0 Å². The Hall–Kier alpha value is -1.68. The van der Waals surface area contributed by atoms with Gasteiger partial charge in [-0.3, -0.25) is 9.67 Å². The number of hydrogen-bond donors (Lipinski definition) is 1. The monoisotopic (exact) mass is 286 g/mol. The van der Waals surface area contributed by atoms with Crippen LogP contribution in [0, 0.1) is 13.8 Å². The highest BCUT2D eigenvalue weighted by molar-refractivity contribution is 5.27. The van der Waals surface area contributed by atoms with Crippen LogP contribution in [0.25, 0.3) is 0 Å². The van der Waals surface area contributed by atoms with Crippen molar-refractivity contribution in [3.05, 3.63) is 46.5 Å². The zero-order chi connectivity index (χ0) is 15.4. The van der Waals surface area contributed by atoms with E-state index in [9.17, 15) is 0 Å². The lowest BCUT2D eigenvalue weighted by molar-refractivity contribution is 0.529. The minimum Gasteiger partial charge on any atom is -0.311 e. The second kappa shape index (κ2) is 6.85. The summed E-state index contributed by atoms with van der Waals surface area (Å²) in [6.45, 7) is 9.41. The van der Waals surface area contributed by atoms with Crippen LogP contribution >= 0.6 is 0 Å². The SMILES string of the molecule is CCc1cc(CC(NC)c2ncc(C)cc2C)n(CC)n1. The minimum absolute atomic E-state index is 0.220. The van der Waals surface area contributed by atoms with E-state index in [2.05, 4.69) is 59.9 Å². The summed E-state index contributed by atoms with van der Waals surface area (Å²) < 4.78 is 2.10. The van der Waals surface area contributed by atoms with Gasteiger partial charge in [0.05, 0.1) is 17.4 Å². The number of pyridine rings is 1.